The van der Waals surface area contributed by atoms with Gasteiger partial charge in [0, 0.05) is 24.5 Å². The summed E-state index contributed by atoms with van der Waals surface area (Å²) in [6, 6.07) is 3.96. The van der Waals surface area contributed by atoms with Crippen LogP contribution in [0.15, 0.2) is 24.5 Å². The minimum Gasteiger partial charge on any atom is -0.394 e. The van der Waals surface area contributed by atoms with Crippen molar-refractivity contribution in [2.24, 2.45) is 0 Å². The molecule has 0 saturated carbocycles. The van der Waals surface area contributed by atoms with Crippen molar-refractivity contribution >= 4 is 0 Å². The molecule has 0 fully saturated rings. The second-order valence-corrected chi connectivity index (χ2v) is 4.19. The van der Waals surface area contributed by atoms with E-state index in [-0.39, 0.29) is 12.1 Å². The number of pyridine rings is 1. The molecule has 1 N–H and O–H groups in total. The maximum absolute atomic E-state index is 9.19. The van der Waals surface area contributed by atoms with Gasteiger partial charge < -0.3 is 5.11 Å². The molecule has 0 aliphatic rings. The molecule has 78 valence electrons. The molecule has 0 amide bonds. The first-order chi connectivity index (χ1) is 6.56. The van der Waals surface area contributed by atoms with Gasteiger partial charge in [0.2, 0.25) is 0 Å². The molecule has 0 saturated heterocycles. The number of hydrogen-bond acceptors (Lipinski definition) is 3. The highest BCUT2D eigenvalue weighted by molar-refractivity contribution is 5.08. The lowest BCUT2D eigenvalue weighted by Gasteiger charge is -2.33. The van der Waals surface area contributed by atoms with E-state index >= 15 is 0 Å². The highest BCUT2D eigenvalue weighted by atomic mass is 16.3. The summed E-state index contributed by atoms with van der Waals surface area (Å²) in [6.45, 7) is 5.00. The number of likely N-dealkylation sites (N-methyl/N-ethyl adjacent to an activating group) is 1. The summed E-state index contributed by atoms with van der Waals surface area (Å²) < 4.78 is 0. The van der Waals surface area contributed by atoms with E-state index in [2.05, 4.69) is 9.88 Å². The normalized spacial score (nSPS) is 12.1. The molecule has 0 aromatic carbocycles. The van der Waals surface area contributed by atoms with Crippen LogP contribution in [-0.4, -0.2) is 34.2 Å². The van der Waals surface area contributed by atoms with Crippen LogP contribution in [0.25, 0.3) is 0 Å². The number of aliphatic hydroxyl groups excluding tert-OH is 1. The predicted octanol–water partition coefficient (Wildman–Crippen LogP) is 1.28. The third-order valence-electron chi connectivity index (χ3n) is 2.56. The Labute approximate surface area is 85.4 Å². The summed E-state index contributed by atoms with van der Waals surface area (Å²) in [5, 5.41) is 9.19. The van der Waals surface area contributed by atoms with Crippen LogP contribution in [0.4, 0.5) is 0 Å². The average molecular weight is 194 g/mol. The molecule has 0 aliphatic carbocycles. The van der Waals surface area contributed by atoms with Crippen LogP contribution in [0.3, 0.4) is 0 Å². The lowest BCUT2D eigenvalue weighted by molar-refractivity contribution is 0.0733. The van der Waals surface area contributed by atoms with Crippen LogP contribution >= 0.6 is 0 Å². The van der Waals surface area contributed by atoms with Gasteiger partial charge in [-0.15, -0.1) is 0 Å². The van der Waals surface area contributed by atoms with Crippen molar-refractivity contribution < 1.29 is 5.11 Å². The molecular weight excluding hydrogens is 176 g/mol. The van der Waals surface area contributed by atoms with Crippen LogP contribution in [0.5, 0.6) is 0 Å². The minimum absolute atomic E-state index is 0.157. The van der Waals surface area contributed by atoms with Crippen LogP contribution in [-0.2, 0) is 6.54 Å². The average Bonchev–Trinajstić information content (AvgIpc) is 2.19. The van der Waals surface area contributed by atoms with Gasteiger partial charge in [-0.05, 0) is 32.5 Å². The van der Waals surface area contributed by atoms with Crippen molar-refractivity contribution in [1.82, 2.24) is 9.88 Å². The maximum atomic E-state index is 9.19. The molecule has 0 unspecified atom stereocenters. The SMILES string of the molecule is CN(Cc1cccnc1)C(C)(C)CO. The Balaban J connectivity index is 2.62. The van der Waals surface area contributed by atoms with Crippen LogP contribution in [0.1, 0.15) is 19.4 Å². The molecular formula is C11H18N2O. The quantitative estimate of drug-likeness (QED) is 0.784. The first-order valence-corrected chi connectivity index (χ1v) is 4.77. The van der Waals surface area contributed by atoms with Crippen molar-refractivity contribution in [3.63, 3.8) is 0 Å². The van der Waals surface area contributed by atoms with E-state index in [1.807, 2.05) is 39.2 Å². The number of nitrogens with zero attached hydrogens (tertiary/aromatic N) is 2. The minimum atomic E-state index is -0.185. The summed E-state index contributed by atoms with van der Waals surface area (Å²) in [7, 11) is 2.00. The number of aromatic nitrogens is 1. The lowest BCUT2D eigenvalue weighted by atomic mass is 10.0. The molecule has 14 heavy (non-hydrogen) atoms. The zero-order valence-corrected chi connectivity index (χ0v) is 9.07. The number of hydrogen-bond donors (Lipinski definition) is 1. The van der Waals surface area contributed by atoms with Gasteiger partial charge in [0.1, 0.15) is 0 Å². The molecule has 0 aliphatic heterocycles. The Kier molecular flexibility index (Phi) is 3.61. The predicted molar refractivity (Wildman–Crippen MR) is 56.9 cm³/mol. The standard InChI is InChI=1S/C11H18N2O/c1-11(2,9-14)13(3)8-10-5-4-6-12-7-10/h4-7,14H,8-9H2,1-3H3. The molecule has 1 aromatic heterocycles. The highest BCUT2D eigenvalue weighted by Crippen LogP contribution is 2.14. The molecule has 1 rings (SSSR count). The molecule has 0 radical (unpaired) electrons. The largest absolute Gasteiger partial charge is 0.394 e. The van der Waals surface area contributed by atoms with E-state index in [1.165, 1.54) is 0 Å². The van der Waals surface area contributed by atoms with Crippen molar-refractivity contribution in [3.8, 4) is 0 Å². The monoisotopic (exact) mass is 194 g/mol. The van der Waals surface area contributed by atoms with Gasteiger partial charge in [-0.1, -0.05) is 6.07 Å². The van der Waals surface area contributed by atoms with E-state index in [9.17, 15) is 5.11 Å². The van der Waals surface area contributed by atoms with Crippen molar-refractivity contribution in [1.29, 1.82) is 0 Å². The highest BCUT2D eigenvalue weighted by Gasteiger charge is 2.22. The van der Waals surface area contributed by atoms with Crippen molar-refractivity contribution in [2.75, 3.05) is 13.7 Å². The maximum Gasteiger partial charge on any atom is 0.0610 e. The summed E-state index contributed by atoms with van der Waals surface area (Å²) in [6.07, 6.45) is 3.62. The third-order valence-corrected chi connectivity index (χ3v) is 2.56. The smallest absolute Gasteiger partial charge is 0.0610 e. The first-order valence-electron chi connectivity index (χ1n) is 4.77. The summed E-state index contributed by atoms with van der Waals surface area (Å²) >= 11 is 0. The van der Waals surface area contributed by atoms with Gasteiger partial charge in [0.05, 0.1) is 6.61 Å². The van der Waals surface area contributed by atoms with E-state index in [0.717, 1.165) is 12.1 Å². The van der Waals surface area contributed by atoms with E-state index < -0.39 is 0 Å². The molecule has 0 spiro atoms. The molecule has 3 nitrogen and oxygen atoms in total. The van der Waals surface area contributed by atoms with Crippen molar-refractivity contribution in [2.45, 2.75) is 25.9 Å². The van der Waals surface area contributed by atoms with Gasteiger partial charge in [-0.3, -0.25) is 9.88 Å². The Morgan fingerprint density at radius 1 is 1.50 bits per heavy atom. The first kappa shape index (κ1) is 11.1. The Bertz CT molecular complexity index is 272. The Hall–Kier alpha value is -0.930. The van der Waals surface area contributed by atoms with E-state index in [1.54, 1.807) is 6.20 Å². The summed E-state index contributed by atoms with van der Waals surface area (Å²) in [5.41, 5.74) is 0.979. The van der Waals surface area contributed by atoms with Gasteiger partial charge in [0.15, 0.2) is 0 Å². The van der Waals surface area contributed by atoms with Gasteiger partial charge in [0.25, 0.3) is 0 Å². The number of rotatable bonds is 4. The second-order valence-electron chi connectivity index (χ2n) is 4.19. The summed E-state index contributed by atoms with van der Waals surface area (Å²) in [4.78, 5) is 6.17. The van der Waals surface area contributed by atoms with Crippen LogP contribution in [0.2, 0.25) is 0 Å². The zero-order valence-electron chi connectivity index (χ0n) is 9.07. The topological polar surface area (TPSA) is 36.4 Å². The Morgan fingerprint density at radius 2 is 2.21 bits per heavy atom. The van der Waals surface area contributed by atoms with E-state index in [0.29, 0.717) is 0 Å². The Morgan fingerprint density at radius 3 is 2.71 bits per heavy atom. The molecule has 3 heteroatoms. The lowest BCUT2D eigenvalue weighted by Crippen LogP contribution is -2.43. The van der Waals surface area contributed by atoms with Crippen LogP contribution < -0.4 is 0 Å². The second kappa shape index (κ2) is 4.53. The van der Waals surface area contributed by atoms with E-state index in [4.69, 9.17) is 0 Å². The fraction of sp³-hybridized carbons (Fsp3) is 0.545. The fourth-order valence-corrected chi connectivity index (χ4v) is 1.10. The zero-order chi connectivity index (χ0) is 10.6. The van der Waals surface area contributed by atoms with Gasteiger partial charge in [-0.25, -0.2) is 0 Å². The van der Waals surface area contributed by atoms with Crippen molar-refractivity contribution in [3.05, 3.63) is 30.1 Å². The third kappa shape index (κ3) is 2.79. The molecule has 1 aromatic rings. The fourth-order valence-electron chi connectivity index (χ4n) is 1.10. The molecule has 0 bridgehead atoms. The van der Waals surface area contributed by atoms with Crippen LogP contribution in [0, 0.1) is 0 Å². The number of aliphatic hydroxyl groups is 1. The summed E-state index contributed by atoms with van der Waals surface area (Å²) in [5.74, 6) is 0. The molecule has 0 atom stereocenters. The van der Waals surface area contributed by atoms with Gasteiger partial charge in [-0.2, -0.15) is 0 Å². The molecule has 1 heterocycles. The van der Waals surface area contributed by atoms with Gasteiger partial charge >= 0.3 is 0 Å².